The molecule has 0 saturated heterocycles. The molecule has 0 fully saturated rings. The van der Waals surface area contributed by atoms with Crippen molar-refractivity contribution in [2.45, 2.75) is 6.54 Å². The molecule has 8 nitrogen and oxygen atoms in total. The number of fused-ring (bicyclic) bond motifs is 1. The third-order valence-electron chi connectivity index (χ3n) is 4.65. The molecule has 0 radical (unpaired) electrons. The second-order valence-electron chi connectivity index (χ2n) is 6.93. The summed E-state index contributed by atoms with van der Waals surface area (Å²) >= 11 is 0. The van der Waals surface area contributed by atoms with Gasteiger partial charge >= 0.3 is 6.03 Å². The number of ether oxygens (including phenoxy) is 1. The van der Waals surface area contributed by atoms with Crippen LogP contribution in [0.5, 0.6) is 11.5 Å². The number of para-hydroxylation sites is 1. The third-order valence-corrected chi connectivity index (χ3v) is 4.65. The van der Waals surface area contributed by atoms with E-state index < -0.39 is 0 Å². The van der Waals surface area contributed by atoms with E-state index in [9.17, 15) is 9.59 Å². The number of benzene rings is 2. The predicted octanol–water partition coefficient (Wildman–Crippen LogP) is 4.10. The number of hydrogen-bond donors (Lipinski definition) is 3. The van der Waals surface area contributed by atoms with Gasteiger partial charge < -0.3 is 20.7 Å². The van der Waals surface area contributed by atoms with Crippen molar-refractivity contribution in [2.75, 3.05) is 12.4 Å². The number of nitrogens with zero attached hydrogens (tertiary/aromatic N) is 2. The molecule has 3 amide bonds. The molecule has 3 N–H and O–H groups in total. The molecule has 2 heterocycles. The Morgan fingerprint density at radius 1 is 0.938 bits per heavy atom. The summed E-state index contributed by atoms with van der Waals surface area (Å²) < 4.78 is 5.78. The van der Waals surface area contributed by atoms with E-state index in [0.717, 1.165) is 16.5 Å². The second-order valence-corrected chi connectivity index (χ2v) is 6.93. The van der Waals surface area contributed by atoms with Crippen LogP contribution in [0.15, 0.2) is 79.1 Å². The van der Waals surface area contributed by atoms with Gasteiger partial charge in [0.2, 0.25) is 0 Å². The minimum absolute atomic E-state index is 0.276. The van der Waals surface area contributed by atoms with Crippen LogP contribution in [-0.2, 0) is 6.54 Å². The zero-order valence-corrected chi connectivity index (χ0v) is 17.3. The molecule has 0 spiro atoms. The second kappa shape index (κ2) is 9.57. The molecule has 4 rings (SSSR count). The van der Waals surface area contributed by atoms with Crippen LogP contribution in [0.25, 0.3) is 10.9 Å². The van der Waals surface area contributed by atoms with E-state index >= 15 is 0 Å². The molecule has 2 aromatic heterocycles. The quantitative estimate of drug-likeness (QED) is 0.430. The number of anilines is 1. The van der Waals surface area contributed by atoms with E-state index in [-0.39, 0.29) is 17.6 Å². The Labute approximate surface area is 184 Å². The highest BCUT2D eigenvalue weighted by Gasteiger charge is 2.07. The van der Waals surface area contributed by atoms with Crippen LogP contribution in [0.2, 0.25) is 0 Å². The summed E-state index contributed by atoms with van der Waals surface area (Å²) in [4.78, 5) is 32.3. The number of aromatic nitrogens is 2. The summed E-state index contributed by atoms with van der Waals surface area (Å²) in [5.41, 5.74) is 2.68. The van der Waals surface area contributed by atoms with Gasteiger partial charge in [-0.2, -0.15) is 0 Å². The monoisotopic (exact) mass is 427 g/mol. The molecule has 0 saturated carbocycles. The Morgan fingerprint density at radius 3 is 2.56 bits per heavy atom. The Balaban J connectivity index is 1.31. The van der Waals surface area contributed by atoms with E-state index in [1.54, 1.807) is 37.5 Å². The van der Waals surface area contributed by atoms with Crippen LogP contribution in [0.1, 0.15) is 16.1 Å². The normalized spacial score (nSPS) is 10.4. The van der Waals surface area contributed by atoms with Gasteiger partial charge in [0, 0.05) is 31.2 Å². The fourth-order valence-electron chi connectivity index (χ4n) is 3.04. The lowest BCUT2D eigenvalue weighted by atomic mass is 10.2. The predicted molar refractivity (Wildman–Crippen MR) is 122 cm³/mol. The molecular formula is C24H21N5O3. The van der Waals surface area contributed by atoms with Crippen molar-refractivity contribution in [1.82, 2.24) is 20.6 Å². The molecule has 4 aromatic rings. The van der Waals surface area contributed by atoms with Gasteiger partial charge in [0.05, 0.1) is 17.4 Å². The number of pyridine rings is 2. The molecule has 0 bridgehead atoms. The van der Waals surface area contributed by atoms with E-state index in [2.05, 4.69) is 25.9 Å². The largest absolute Gasteiger partial charge is 0.457 e. The fourth-order valence-corrected chi connectivity index (χ4v) is 3.04. The lowest BCUT2D eigenvalue weighted by molar-refractivity contribution is 0.0958. The van der Waals surface area contributed by atoms with Crippen LogP contribution in [0.3, 0.4) is 0 Å². The summed E-state index contributed by atoms with van der Waals surface area (Å²) in [5, 5.41) is 9.09. The number of urea groups is 1. The van der Waals surface area contributed by atoms with Gasteiger partial charge in [0.1, 0.15) is 17.2 Å². The lowest BCUT2D eigenvalue weighted by Crippen LogP contribution is -2.28. The zero-order chi connectivity index (χ0) is 22.3. The molecule has 32 heavy (non-hydrogen) atoms. The van der Waals surface area contributed by atoms with E-state index in [4.69, 9.17) is 4.74 Å². The maximum absolute atomic E-state index is 12.2. The number of amides is 3. The van der Waals surface area contributed by atoms with Crippen molar-refractivity contribution in [1.29, 1.82) is 0 Å². The standard InChI is InChI=1S/C24H21N5O3/c1-25-23(30)22-13-20(10-11-26-22)32-19-8-6-16(7-9-19)14-28-24(31)29-18-12-17-4-2-3-5-21(17)27-15-18/h2-13,15H,14H2,1H3,(H,25,30)(H2,28,29,31). The highest BCUT2D eigenvalue weighted by Crippen LogP contribution is 2.22. The fraction of sp³-hybridized carbons (Fsp3) is 0.0833. The summed E-state index contributed by atoms with van der Waals surface area (Å²) in [6.45, 7) is 0.350. The topological polar surface area (TPSA) is 105 Å². The first-order valence-corrected chi connectivity index (χ1v) is 9.95. The van der Waals surface area contributed by atoms with Crippen molar-refractivity contribution >= 4 is 28.5 Å². The Kier molecular flexibility index (Phi) is 6.22. The van der Waals surface area contributed by atoms with Crippen LogP contribution >= 0.6 is 0 Å². The van der Waals surface area contributed by atoms with Crippen molar-refractivity contribution < 1.29 is 14.3 Å². The van der Waals surface area contributed by atoms with Gasteiger partial charge in [-0.1, -0.05) is 30.3 Å². The Hall–Kier alpha value is -4.46. The van der Waals surface area contributed by atoms with Gasteiger partial charge in [-0.05, 0) is 35.9 Å². The number of carbonyl (C=O) groups is 2. The van der Waals surface area contributed by atoms with Gasteiger partial charge in [-0.3, -0.25) is 14.8 Å². The molecule has 2 aromatic carbocycles. The molecule has 0 aliphatic heterocycles. The minimum Gasteiger partial charge on any atom is -0.457 e. The van der Waals surface area contributed by atoms with Crippen LogP contribution < -0.4 is 20.7 Å². The zero-order valence-electron chi connectivity index (χ0n) is 17.3. The lowest BCUT2D eigenvalue weighted by Gasteiger charge is -2.10. The smallest absolute Gasteiger partial charge is 0.319 e. The van der Waals surface area contributed by atoms with Gasteiger partial charge in [-0.25, -0.2) is 4.79 Å². The number of carbonyl (C=O) groups excluding carboxylic acids is 2. The van der Waals surface area contributed by atoms with Gasteiger partial charge in [0.15, 0.2) is 0 Å². The average molecular weight is 427 g/mol. The minimum atomic E-state index is -0.319. The van der Waals surface area contributed by atoms with E-state index in [1.165, 1.54) is 6.20 Å². The Morgan fingerprint density at radius 2 is 1.75 bits per heavy atom. The molecule has 0 unspecified atom stereocenters. The summed E-state index contributed by atoms with van der Waals surface area (Å²) in [6.07, 6.45) is 3.14. The van der Waals surface area contributed by atoms with Crippen LogP contribution in [0, 0.1) is 0 Å². The molecule has 0 aliphatic carbocycles. The summed E-state index contributed by atoms with van der Waals surface area (Å²) in [5.74, 6) is 0.831. The summed E-state index contributed by atoms with van der Waals surface area (Å²) in [6, 6.07) is 19.8. The van der Waals surface area contributed by atoms with Crippen molar-refractivity contribution in [3.05, 3.63) is 90.4 Å². The van der Waals surface area contributed by atoms with E-state index in [1.807, 2.05) is 42.5 Å². The van der Waals surface area contributed by atoms with E-state index in [0.29, 0.717) is 23.7 Å². The Bertz CT molecular complexity index is 1260. The highest BCUT2D eigenvalue weighted by molar-refractivity contribution is 5.92. The maximum Gasteiger partial charge on any atom is 0.319 e. The van der Waals surface area contributed by atoms with Crippen molar-refractivity contribution in [2.24, 2.45) is 0 Å². The number of rotatable bonds is 6. The molecule has 0 atom stereocenters. The third kappa shape index (κ3) is 5.17. The SMILES string of the molecule is CNC(=O)c1cc(Oc2ccc(CNC(=O)Nc3cnc4ccccc4c3)cc2)ccn1. The van der Waals surface area contributed by atoms with Crippen molar-refractivity contribution in [3.8, 4) is 11.5 Å². The first-order chi connectivity index (χ1) is 15.6. The maximum atomic E-state index is 12.2. The van der Waals surface area contributed by atoms with Crippen LogP contribution in [0.4, 0.5) is 10.5 Å². The molecular weight excluding hydrogens is 406 g/mol. The highest BCUT2D eigenvalue weighted by atomic mass is 16.5. The first kappa shape index (κ1) is 20.8. The first-order valence-electron chi connectivity index (χ1n) is 9.95. The van der Waals surface area contributed by atoms with Crippen molar-refractivity contribution in [3.63, 3.8) is 0 Å². The average Bonchev–Trinajstić information content (AvgIpc) is 2.83. The molecule has 0 aliphatic rings. The van der Waals surface area contributed by atoms with Crippen LogP contribution in [-0.4, -0.2) is 29.0 Å². The number of hydrogen-bond acceptors (Lipinski definition) is 5. The molecule has 8 heteroatoms. The van der Waals surface area contributed by atoms with Gasteiger partial charge in [-0.15, -0.1) is 0 Å². The summed E-state index contributed by atoms with van der Waals surface area (Å²) in [7, 11) is 1.54. The van der Waals surface area contributed by atoms with Gasteiger partial charge in [0.25, 0.3) is 5.91 Å². The molecule has 160 valence electrons. The number of nitrogens with one attached hydrogen (secondary N) is 3.